The average Bonchev–Trinajstić information content (AvgIpc) is 2.69. The maximum atomic E-state index is 12.8. The Kier molecular flexibility index (Phi) is 10.7. The average molecular weight is 457 g/mol. The summed E-state index contributed by atoms with van der Waals surface area (Å²) in [5.74, 6) is -2.99. The van der Waals surface area contributed by atoms with Crippen LogP contribution >= 0.6 is 7.60 Å². The molecule has 0 saturated carbocycles. The number of carbonyl (C=O) groups is 3. The molecule has 11 heteroatoms. The van der Waals surface area contributed by atoms with Gasteiger partial charge in [-0.25, -0.2) is 4.79 Å². The van der Waals surface area contributed by atoms with Gasteiger partial charge in [0.1, 0.15) is 24.5 Å². The number of ether oxygens (including phenoxy) is 1. The Morgan fingerprint density at radius 3 is 2.13 bits per heavy atom. The van der Waals surface area contributed by atoms with E-state index in [-0.39, 0.29) is 18.9 Å². The van der Waals surface area contributed by atoms with Crippen LogP contribution in [0, 0.1) is 5.92 Å². The van der Waals surface area contributed by atoms with Gasteiger partial charge in [-0.05, 0) is 24.8 Å². The Hall–Kier alpha value is -2.42. The monoisotopic (exact) mass is 457 g/mol. The van der Waals surface area contributed by atoms with E-state index in [4.69, 9.17) is 14.5 Å². The molecule has 10 nitrogen and oxygen atoms in total. The van der Waals surface area contributed by atoms with Gasteiger partial charge in [0, 0.05) is 0 Å². The van der Waals surface area contributed by atoms with Gasteiger partial charge < -0.3 is 30.5 Å². The SMILES string of the molecule is CCC[C@H](NC(=O)[C@@H](NC(=O)OCc1ccccc1)C(C)C)C(=O)N[C@@H](C)P(=O)(O)O. The quantitative estimate of drug-likeness (QED) is 0.318. The first-order valence-corrected chi connectivity index (χ1v) is 11.8. The maximum Gasteiger partial charge on any atom is 0.408 e. The van der Waals surface area contributed by atoms with Crippen molar-refractivity contribution in [3.05, 3.63) is 35.9 Å². The van der Waals surface area contributed by atoms with Crippen molar-refractivity contribution in [1.29, 1.82) is 0 Å². The smallest absolute Gasteiger partial charge is 0.408 e. The van der Waals surface area contributed by atoms with Crippen molar-refractivity contribution in [3.8, 4) is 0 Å². The van der Waals surface area contributed by atoms with E-state index in [1.165, 1.54) is 6.92 Å². The molecule has 0 unspecified atom stereocenters. The largest absolute Gasteiger partial charge is 0.445 e. The van der Waals surface area contributed by atoms with E-state index in [0.717, 1.165) is 5.56 Å². The van der Waals surface area contributed by atoms with Gasteiger partial charge in [-0.1, -0.05) is 57.5 Å². The molecule has 174 valence electrons. The summed E-state index contributed by atoms with van der Waals surface area (Å²) in [6, 6.07) is 7.09. The molecule has 0 heterocycles. The Morgan fingerprint density at radius 2 is 1.61 bits per heavy atom. The molecule has 0 aromatic heterocycles. The summed E-state index contributed by atoms with van der Waals surface area (Å²) < 4.78 is 16.4. The van der Waals surface area contributed by atoms with Gasteiger partial charge in [0.2, 0.25) is 11.8 Å². The molecule has 0 aliphatic carbocycles. The normalized spacial score (nSPS) is 14.3. The summed E-state index contributed by atoms with van der Waals surface area (Å²) >= 11 is 0. The molecule has 1 aromatic rings. The lowest BCUT2D eigenvalue weighted by Gasteiger charge is -2.26. The molecule has 0 fully saturated rings. The van der Waals surface area contributed by atoms with Gasteiger partial charge in [0.15, 0.2) is 0 Å². The maximum absolute atomic E-state index is 12.8. The molecule has 0 spiro atoms. The van der Waals surface area contributed by atoms with Crippen LogP contribution in [0.4, 0.5) is 4.79 Å². The fourth-order valence-corrected chi connectivity index (χ4v) is 2.93. The van der Waals surface area contributed by atoms with Crippen LogP contribution in [0.5, 0.6) is 0 Å². The molecule has 1 rings (SSSR count). The van der Waals surface area contributed by atoms with Crippen molar-refractivity contribution in [2.75, 3.05) is 0 Å². The highest BCUT2D eigenvalue weighted by Crippen LogP contribution is 2.39. The van der Waals surface area contributed by atoms with Crippen LogP contribution < -0.4 is 16.0 Å². The van der Waals surface area contributed by atoms with Gasteiger partial charge in [0.05, 0.1) is 0 Å². The minimum Gasteiger partial charge on any atom is -0.445 e. The number of carbonyl (C=O) groups excluding carboxylic acids is 3. The summed E-state index contributed by atoms with van der Waals surface area (Å²) in [6.07, 6.45) is 0.0281. The zero-order valence-corrected chi connectivity index (χ0v) is 19.1. The third kappa shape index (κ3) is 9.50. The molecule has 0 radical (unpaired) electrons. The summed E-state index contributed by atoms with van der Waals surface area (Å²) in [7, 11) is -4.51. The van der Waals surface area contributed by atoms with Crippen LogP contribution in [-0.4, -0.2) is 45.6 Å². The van der Waals surface area contributed by atoms with E-state index < -0.39 is 43.4 Å². The van der Waals surface area contributed by atoms with Crippen molar-refractivity contribution in [1.82, 2.24) is 16.0 Å². The molecule has 1 aromatic carbocycles. The predicted molar refractivity (Wildman–Crippen MR) is 115 cm³/mol. The van der Waals surface area contributed by atoms with Crippen molar-refractivity contribution in [3.63, 3.8) is 0 Å². The second kappa shape index (κ2) is 12.4. The first kappa shape index (κ1) is 26.6. The molecule has 3 amide bonds. The van der Waals surface area contributed by atoms with E-state index in [2.05, 4.69) is 16.0 Å². The number of rotatable bonds is 11. The minimum absolute atomic E-state index is 0.0419. The van der Waals surface area contributed by atoms with E-state index in [1.807, 2.05) is 18.2 Å². The van der Waals surface area contributed by atoms with E-state index >= 15 is 0 Å². The highest BCUT2D eigenvalue weighted by atomic mass is 31.2. The second-order valence-corrected chi connectivity index (χ2v) is 9.50. The number of benzene rings is 1. The molecular weight excluding hydrogens is 425 g/mol. The molecule has 3 atom stereocenters. The van der Waals surface area contributed by atoms with Crippen LogP contribution in [0.25, 0.3) is 0 Å². The van der Waals surface area contributed by atoms with Crippen LogP contribution in [0.2, 0.25) is 0 Å². The molecule has 5 N–H and O–H groups in total. The van der Waals surface area contributed by atoms with Gasteiger partial charge in [0.25, 0.3) is 0 Å². The third-order valence-electron chi connectivity index (χ3n) is 4.50. The van der Waals surface area contributed by atoms with E-state index in [9.17, 15) is 18.9 Å². The molecule has 0 saturated heterocycles. The summed E-state index contributed by atoms with van der Waals surface area (Å²) in [6.45, 7) is 6.49. The minimum atomic E-state index is -4.51. The Morgan fingerprint density at radius 1 is 1.00 bits per heavy atom. The van der Waals surface area contributed by atoms with Crippen molar-refractivity contribution in [2.45, 2.75) is 65.0 Å². The van der Waals surface area contributed by atoms with Crippen molar-refractivity contribution >= 4 is 25.5 Å². The van der Waals surface area contributed by atoms with Gasteiger partial charge in [-0.15, -0.1) is 0 Å². The van der Waals surface area contributed by atoms with E-state index in [0.29, 0.717) is 6.42 Å². The van der Waals surface area contributed by atoms with Crippen LogP contribution in [-0.2, 0) is 25.5 Å². The van der Waals surface area contributed by atoms with Gasteiger partial charge in [-0.3, -0.25) is 14.2 Å². The van der Waals surface area contributed by atoms with Gasteiger partial charge in [-0.2, -0.15) is 0 Å². The lowest BCUT2D eigenvalue weighted by atomic mass is 10.0. The summed E-state index contributed by atoms with van der Waals surface area (Å²) in [5.41, 5.74) is 0.794. The highest BCUT2D eigenvalue weighted by Gasteiger charge is 2.32. The zero-order valence-electron chi connectivity index (χ0n) is 18.2. The fraction of sp³-hybridized carbons (Fsp3) is 0.550. The molecule has 31 heavy (non-hydrogen) atoms. The summed E-state index contributed by atoms with van der Waals surface area (Å²) in [4.78, 5) is 55.7. The Balaban J connectivity index is 2.74. The Labute approximate surface area is 182 Å². The van der Waals surface area contributed by atoms with E-state index in [1.54, 1.807) is 32.9 Å². The fourth-order valence-electron chi connectivity index (χ4n) is 2.64. The van der Waals surface area contributed by atoms with Crippen LogP contribution in [0.15, 0.2) is 30.3 Å². The highest BCUT2D eigenvalue weighted by molar-refractivity contribution is 7.52. The first-order valence-electron chi connectivity index (χ1n) is 10.1. The molecule has 0 bridgehead atoms. The van der Waals surface area contributed by atoms with Crippen LogP contribution in [0.3, 0.4) is 0 Å². The number of hydrogen-bond acceptors (Lipinski definition) is 5. The number of nitrogens with one attached hydrogen (secondary N) is 3. The number of hydrogen-bond donors (Lipinski definition) is 5. The zero-order chi connectivity index (χ0) is 23.6. The lowest BCUT2D eigenvalue weighted by molar-refractivity contribution is -0.130. The van der Waals surface area contributed by atoms with Gasteiger partial charge >= 0.3 is 13.7 Å². The first-order chi connectivity index (χ1) is 14.5. The summed E-state index contributed by atoms with van der Waals surface area (Å²) in [5, 5.41) is 7.30. The number of amides is 3. The predicted octanol–water partition coefficient (Wildman–Crippen LogP) is 1.86. The van der Waals surface area contributed by atoms with Crippen LogP contribution in [0.1, 0.15) is 46.1 Å². The molecule has 0 aliphatic rings. The number of alkyl carbamates (subject to hydrolysis) is 1. The van der Waals surface area contributed by atoms with Crippen molar-refractivity contribution < 1.29 is 33.5 Å². The third-order valence-corrected chi connectivity index (χ3v) is 5.64. The lowest BCUT2D eigenvalue weighted by Crippen LogP contribution is -2.56. The second-order valence-electron chi connectivity index (χ2n) is 7.55. The Bertz CT molecular complexity index is 782. The molecule has 0 aliphatic heterocycles. The molecular formula is C20H32N3O7P. The topological polar surface area (TPSA) is 154 Å². The standard InChI is InChI=1S/C20H32N3O7P/c1-5-9-16(18(24)21-14(4)31(27,28)29)22-19(25)17(13(2)3)23-20(26)30-12-15-10-7-6-8-11-15/h6-8,10-11,13-14,16-17H,5,9,12H2,1-4H3,(H,21,24)(H,22,25)(H,23,26)(H2,27,28,29)/t14-,16+,17+/m1/s1. The van der Waals surface area contributed by atoms with Crippen molar-refractivity contribution in [2.24, 2.45) is 5.92 Å².